The van der Waals surface area contributed by atoms with Crippen molar-refractivity contribution in [2.45, 2.75) is 18.9 Å². The molecule has 38 heavy (non-hydrogen) atoms. The average molecular weight is 504 g/mol. The third-order valence-electron chi connectivity index (χ3n) is 6.90. The minimum atomic E-state index is -0.505. The lowest BCUT2D eigenvalue weighted by Crippen LogP contribution is -2.23. The molecule has 0 bridgehead atoms. The predicted molar refractivity (Wildman–Crippen MR) is 146 cm³/mol. The topological polar surface area (TPSA) is 105 Å². The number of methoxy groups -OCH3 is 1. The first kappa shape index (κ1) is 23.4. The molecule has 2 unspecified atom stereocenters. The summed E-state index contributed by atoms with van der Waals surface area (Å²) in [5, 5.41) is 5.61. The first-order valence-electron chi connectivity index (χ1n) is 12.3. The van der Waals surface area contributed by atoms with Gasteiger partial charge in [-0.3, -0.25) is 0 Å². The molecule has 6 rings (SSSR count). The summed E-state index contributed by atoms with van der Waals surface area (Å²) in [5.74, 6) is 1.71. The number of nitrogen functional groups attached to an aromatic ring is 1. The van der Waals surface area contributed by atoms with E-state index in [1.807, 2.05) is 85.8 Å². The molecule has 188 valence electrons. The number of carbonyl (C=O) groups is 1. The fraction of sp³-hybridized carbons (Fsp3) is 0.133. The maximum atomic E-state index is 12.6. The quantitative estimate of drug-likeness (QED) is 0.308. The van der Waals surface area contributed by atoms with Crippen LogP contribution in [0.5, 0.6) is 11.5 Å². The highest BCUT2D eigenvalue weighted by Gasteiger charge is 2.34. The summed E-state index contributed by atoms with van der Waals surface area (Å²) < 4.78 is 13.9. The minimum absolute atomic E-state index is 0.312. The van der Waals surface area contributed by atoms with Gasteiger partial charge in [0.1, 0.15) is 47.4 Å². The molecule has 3 heterocycles. The molecule has 0 radical (unpaired) electrons. The molecule has 2 N–H and O–H groups in total. The number of nitrogens with two attached hydrogens (primary N) is 1. The third-order valence-corrected chi connectivity index (χ3v) is 6.90. The van der Waals surface area contributed by atoms with Crippen LogP contribution in [0.4, 0.5) is 5.82 Å². The first-order valence-corrected chi connectivity index (χ1v) is 12.3. The number of nitrogens with zero attached hydrogens (tertiary/aromatic N) is 4. The van der Waals surface area contributed by atoms with E-state index >= 15 is 0 Å². The maximum Gasteiger partial charge on any atom is 0.164 e. The highest BCUT2D eigenvalue weighted by molar-refractivity contribution is 5.99. The lowest BCUT2D eigenvalue weighted by Gasteiger charge is -2.31. The van der Waals surface area contributed by atoms with Gasteiger partial charge >= 0.3 is 0 Å². The molecular formula is C30H25N5O3. The van der Waals surface area contributed by atoms with Crippen LogP contribution in [0.1, 0.15) is 30.0 Å². The molecule has 0 saturated carbocycles. The molecule has 0 aliphatic carbocycles. The van der Waals surface area contributed by atoms with Crippen molar-refractivity contribution in [1.82, 2.24) is 19.7 Å². The van der Waals surface area contributed by atoms with Gasteiger partial charge in [-0.05, 0) is 30.7 Å². The van der Waals surface area contributed by atoms with Crippen molar-refractivity contribution in [2.24, 2.45) is 0 Å². The normalized spacial score (nSPS) is 15.6. The first-order chi connectivity index (χ1) is 18.6. The van der Waals surface area contributed by atoms with Crippen LogP contribution < -0.4 is 15.2 Å². The molecule has 2 atom stereocenters. The standard InChI is InChI=1S/C30H25N5O3/c1-18(28-25(19-10-4-3-5-11-19)22(16-36)20-12-6-9-15-24(20)38-28)35-30-26(29(31)32-17-33-30)27(34-35)21-13-7-8-14-23(21)37-2/h3-18,22H,1-2H3,(H2,31,32,33). The molecule has 0 fully saturated rings. The van der Waals surface area contributed by atoms with Crippen molar-refractivity contribution in [1.29, 1.82) is 0 Å². The number of ether oxygens (including phenoxy) is 2. The number of benzene rings is 3. The van der Waals surface area contributed by atoms with Crippen molar-refractivity contribution in [3.05, 3.63) is 102 Å². The number of aromatic nitrogens is 4. The van der Waals surface area contributed by atoms with Crippen molar-refractivity contribution in [3.63, 3.8) is 0 Å². The zero-order valence-corrected chi connectivity index (χ0v) is 20.9. The zero-order chi connectivity index (χ0) is 26.2. The summed E-state index contributed by atoms with van der Waals surface area (Å²) in [7, 11) is 1.62. The number of para-hydroxylation sites is 2. The molecule has 8 heteroatoms. The van der Waals surface area contributed by atoms with Crippen LogP contribution in [0.15, 0.2) is 90.9 Å². The van der Waals surface area contributed by atoms with E-state index in [0.717, 1.165) is 28.5 Å². The Balaban J connectivity index is 1.61. The second kappa shape index (κ2) is 9.48. The molecule has 1 aliphatic rings. The Hall–Kier alpha value is -4.98. The highest BCUT2D eigenvalue weighted by Crippen LogP contribution is 2.46. The number of aldehydes is 1. The lowest BCUT2D eigenvalue weighted by molar-refractivity contribution is -0.108. The molecule has 2 aromatic heterocycles. The van der Waals surface area contributed by atoms with Crippen molar-refractivity contribution in [3.8, 4) is 22.8 Å². The van der Waals surface area contributed by atoms with E-state index in [-0.39, 0.29) is 0 Å². The number of hydrogen-bond acceptors (Lipinski definition) is 7. The Labute approximate surface area is 219 Å². The van der Waals surface area contributed by atoms with E-state index in [9.17, 15) is 4.79 Å². The summed E-state index contributed by atoms with van der Waals surface area (Å²) >= 11 is 0. The number of anilines is 1. The molecule has 5 aromatic rings. The number of rotatable bonds is 6. The summed E-state index contributed by atoms with van der Waals surface area (Å²) in [6.45, 7) is 1.98. The van der Waals surface area contributed by atoms with Gasteiger partial charge in [-0.2, -0.15) is 5.10 Å². The smallest absolute Gasteiger partial charge is 0.164 e. The highest BCUT2D eigenvalue weighted by atomic mass is 16.5. The summed E-state index contributed by atoms with van der Waals surface area (Å²) in [4.78, 5) is 21.4. The molecule has 3 aromatic carbocycles. The van der Waals surface area contributed by atoms with Crippen LogP contribution in [0.25, 0.3) is 27.9 Å². The van der Waals surface area contributed by atoms with E-state index in [1.165, 1.54) is 6.33 Å². The molecule has 0 spiro atoms. The Bertz CT molecular complexity index is 1690. The van der Waals surface area contributed by atoms with Gasteiger partial charge in [0.15, 0.2) is 5.65 Å². The SMILES string of the molecule is COc1ccccc1-c1nn(C(C)C2=C(c3ccccc3)C(C=O)c3ccccc3O2)c2ncnc(N)c12. The van der Waals surface area contributed by atoms with E-state index in [2.05, 4.69) is 9.97 Å². The Morgan fingerprint density at radius 1 is 1.00 bits per heavy atom. The van der Waals surface area contributed by atoms with Gasteiger partial charge in [0.25, 0.3) is 0 Å². The summed E-state index contributed by atoms with van der Waals surface area (Å²) in [6, 6.07) is 24.6. The van der Waals surface area contributed by atoms with Crippen LogP contribution in [0.2, 0.25) is 0 Å². The van der Waals surface area contributed by atoms with Gasteiger partial charge in [-0.25, -0.2) is 14.6 Å². The van der Waals surface area contributed by atoms with Gasteiger partial charge in [0.2, 0.25) is 0 Å². The van der Waals surface area contributed by atoms with Crippen LogP contribution in [-0.4, -0.2) is 33.1 Å². The molecule has 1 aliphatic heterocycles. The fourth-order valence-corrected chi connectivity index (χ4v) is 5.11. The Kier molecular flexibility index (Phi) is 5.84. The second-order valence-electron chi connectivity index (χ2n) is 9.02. The van der Waals surface area contributed by atoms with Gasteiger partial charge in [0, 0.05) is 16.7 Å². The zero-order valence-electron chi connectivity index (χ0n) is 20.9. The average Bonchev–Trinajstić information content (AvgIpc) is 3.37. The number of carbonyl (C=O) groups excluding carboxylic acids is 1. The predicted octanol–water partition coefficient (Wildman–Crippen LogP) is 5.43. The Morgan fingerprint density at radius 2 is 1.74 bits per heavy atom. The monoisotopic (exact) mass is 503 g/mol. The third kappa shape index (κ3) is 3.69. The molecule has 8 nitrogen and oxygen atoms in total. The lowest BCUT2D eigenvalue weighted by atomic mass is 9.83. The van der Waals surface area contributed by atoms with Gasteiger partial charge in [-0.15, -0.1) is 0 Å². The molecule has 0 amide bonds. The van der Waals surface area contributed by atoms with Gasteiger partial charge < -0.3 is 20.0 Å². The van der Waals surface area contributed by atoms with Crippen LogP contribution >= 0.6 is 0 Å². The number of allylic oxidation sites excluding steroid dienone is 2. The summed E-state index contributed by atoms with van der Waals surface area (Å²) in [5.41, 5.74) is 10.8. The van der Waals surface area contributed by atoms with E-state index < -0.39 is 12.0 Å². The Morgan fingerprint density at radius 3 is 2.53 bits per heavy atom. The van der Waals surface area contributed by atoms with E-state index in [1.54, 1.807) is 11.8 Å². The van der Waals surface area contributed by atoms with Crippen LogP contribution in [-0.2, 0) is 4.79 Å². The number of fused-ring (bicyclic) bond motifs is 2. The number of hydrogen-bond donors (Lipinski definition) is 1. The minimum Gasteiger partial charge on any atom is -0.496 e. The summed E-state index contributed by atoms with van der Waals surface area (Å²) in [6.07, 6.45) is 2.39. The second-order valence-corrected chi connectivity index (χ2v) is 9.02. The van der Waals surface area contributed by atoms with Gasteiger partial charge in [0.05, 0.1) is 18.4 Å². The van der Waals surface area contributed by atoms with E-state index in [4.69, 9.17) is 20.3 Å². The van der Waals surface area contributed by atoms with Gasteiger partial charge in [-0.1, -0.05) is 60.7 Å². The van der Waals surface area contributed by atoms with Crippen LogP contribution in [0, 0.1) is 0 Å². The van der Waals surface area contributed by atoms with Crippen molar-refractivity contribution >= 4 is 28.7 Å². The van der Waals surface area contributed by atoms with Crippen molar-refractivity contribution < 1.29 is 14.3 Å². The largest absolute Gasteiger partial charge is 0.496 e. The van der Waals surface area contributed by atoms with E-state index in [0.29, 0.717) is 39.8 Å². The maximum absolute atomic E-state index is 12.6. The van der Waals surface area contributed by atoms with Crippen molar-refractivity contribution in [2.75, 3.05) is 12.8 Å². The fourth-order valence-electron chi connectivity index (χ4n) is 5.11. The molecular weight excluding hydrogens is 478 g/mol. The van der Waals surface area contributed by atoms with Crippen LogP contribution in [0.3, 0.4) is 0 Å². The molecule has 0 saturated heterocycles.